The maximum absolute atomic E-state index is 13.8. The van der Waals surface area contributed by atoms with Crippen molar-refractivity contribution in [1.82, 2.24) is 9.29 Å². The van der Waals surface area contributed by atoms with Gasteiger partial charge >= 0.3 is 6.18 Å². The van der Waals surface area contributed by atoms with E-state index in [-0.39, 0.29) is 30.1 Å². The van der Waals surface area contributed by atoms with Crippen LogP contribution in [0.25, 0.3) is 0 Å². The molecule has 0 aliphatic carbocycles. The number of nitrogens with two attached hydrogens (primary N) is 1. The van der Waals surface area contributed by atoms with Crippen molar-refractivity contribution in [3.05, 3.63) is 47.9 Å². The lowest BCUT2D eigenvalue weighted by atomic mass is 9.95. The van der Waals surface area contributed by atoms with Crippen molar-refractivity contribution in [3.8, 4) is 11.8 Å². The predicted octanol–water partition coefficient (Wildman–Crippen LogP) is 2.48. The van der Waals surface area contributed by atoms with E-state index in [9.17, 15) is 31.1 Å². The molecule has 2 heterocycles. The van der Waals surface area contributed by atoms with E-state index in [1.54, 1.807) is 11.8 Å². The van der Waals surface area contributed by atoms with Crippen LogP contribution in [0.4, 0.5) is 29.1 Å². The topological polar surface area (TPSA) is 99.8 Å². The van der Waals surface area contributed by atoms with Gasteiger partial charge < -0.3 is 15.7 Å². The van der Waals surface area contributed by atoms with Gasteiger partial charge in [-0.1, -0.05) is 18.1 Å². The van der Waals surface area contributed by atoms with E-state index >= 15 is 0 Å². The number of benzene rings is 1. The maximum Gasteiger partial charge on any atom is 0.421 e. The molecule has 33 heavy (non-hydrogen) atoms. The molecule has 2 atom stereocenters. The number of rotatable bonds is 4. The number of sulfonamides is 1. The minimum Gasteiger partial charge on any atom is -0.381 e. The van der Waals surface area contributed by atoms with E-state index in [1.807, 2.05) is 0 Å². The molecule has 7 nitrogen and oxygen atoms in total. The normalized spacial score (nSPS) is 19.5. The van der Waals surface area contributed by atoms with E-state index in [0.717, 1.165) is 16.6 Å². The van der Waals surface area contributed by atoms with Crippen molar-refractivity contribution >= 4 is 21.5 Å². The average Bonchev–Trinajstić information content (AvgIpc) is 2.75. The van der Waals surface area contributed by atoms with Crippen LogP contribution in [-0.4, -0.2) is 54.7 Å². The van der Waals surface area contributed by atoms with Crippen LogP contribution < -0.4 is 10.6 Å². The summed E-state index contributed by atoms with van der Waals surface area (Å²) in [6, 6.07) is 5.37. The molecule has 1 unspecified atom stereocenters. The number of hydrogen-bond donors (Lipinski definition) is 2. The Balaban J connectivity index is 1.86. The van der Waals surface area contributed by atoms with Crippen LogP contribution in [0.5, 0.6) is 0 Å². The number of alkyl halides is 3. The highest BCUT2D eigenvalue weighted by Gasteiger charge is 2.51. The highest BCUT2D eigenvalue weighted by Crippen LogP contribution is 2.39. The number of halogens is 4. The second-order valence-corrected chi connectivity index (χ2v) is 9.56. The lowest BCUT2D eigenvalue weighted by Gasteiger charge is -2.40. The summed E-state index contributed by atoms with van der Waals surface area (Å²) in [6.45, 7) is 2.40. The molecule has 12 heteroatoms. The lowest BCUT2D eigenvalue weighted by molar-refractivity contribution is -0.258. The fourth-order valence-electron chi connectivity index (χ4n) is 3.44. The SMILES string of the molecule is CC#C[C@@H]1CN(S(=O)(=O)c2cnc(N)c(F)c2)CCN1c1ccc(C(C)(O)C(F)(F)F)cc1. The Labute approximate surface area is 188 Å². The summed E-state index contributed by atoms with van der Waals surface area (Å²) in [5.41, 5.74) is 2.50. The van der Waals surface area contributed by atoms with E-state index in [0.29, 0.717) is 12.6 Å². The van der Waals surface area contributed by atoms with Gasteiger partial charge in [0, 0.05) is 31.5 Å². The van der Waals surface area contributed by atoms with Gasteiger partial charge in [-0.05, 0) is 37.6 Å². The summed E-state index contributed by atoms with van der Waals surface area (Å²) in [7, 11) is -4.08. The smallest absolute Gasteiger partial charge is 0.381 e. The third-order valence-electron chi connectivity index (χ3n) is 5.45. The van der Waals surface area contributed by atoms with E-state index in [4.69, 9.17) is 5.73 Å². The zero-order valence-corrected chi connectivity index (χ0v) is 18.6. The van der Waals surface area contributed by atoms with Gasteiger partial charge in [0.15, 0.2) is 17.2 Å². The first-order chi connectivity index (χ1) is 15.3. The van der Waals surface area contributed by atoms with Gasteiger partial charge in [-0.2, -0.15) is 17.5 Å². The molecule has 0 saturated carbocycles. The number of pyridine rings is 1. The van der Waals surface area contributed by atoms with Crippen molar-refractivity contribution in [2.75, 3.05) is 30.3 Å². The van der Waals surface area contributed by atoms with Crippen LogP contribution in [0.1, 0.15) is 19.4 Å². The quantitative estimate of drug-likeness (QED) is 0.509. The van der Waals surface area contributed by atoms with Crippen molar-refractivity contribution in [2.45, 2.75) is 36.6 Å². The Morgan fingerprint density at radius 3 is 2.39 bits per heavy atom. The number of nitrogen functional groups attached to an aromatic ring is 1. The predicted molar refractivity (Wildman–Crippen MR) is 114 cm³/mol. The Morgan fingerprint density at radius 2 is 1.85 bits per heavy atom. The largest absolute Gasteiger partial charge is 0.421 e. The van der Waals surface area contributed by atoms with E-state index < -0.39 is 39.5 Å². The highest BCUT2D eigenvalue weighted by molar-refractivity contribution is 7.89. The minimum atomic E-state index is -4.85. The van der Waals surface area contributed by atoms with Crippen LogP contribution in [0.15, 0.2) is 41.4 Å². The number of piperazine rings is 1. The molecule has 178 valence electrons. The van der Waals surface area contributed by atoms with Crippen molar-refractivity contribution in [1.29, 1.82) is 0 Å². The monoisotopic (exact) mass is 486 g/mol. The summed E-state index contributed by atoms with van der Waals surface area (Å²) < 4.78 is 80.2. The number of aliphatic hydroxyl groups is 1. The van der Waals surface area contributed by atoms with Crippen LogP contribution in [0.2, 0.25) is 0 Å². The molecule has 1 saturated heterocycles. The van der Waals surface area contributed by atoms with Gasteiger partial charge in [-0.15, -0.1) is 5.92 Å². The summed E-state index contributed by atoms with van der Waals surface area (Å²) in [5, 5.41) is 9.85. The minimum absolute atomic E-state index is 0.0260. The number of anilines is 2. The van der Waals surface area contributed by atoms with E-state index in [2.05, 4.69) is 16.8 Å². The Kier molecular flexibility index (Phi) is 6.61. The molecule has 1 fully saturated rings. The summed E-state index contributed by atoms with van der Waals surface area (Å²) >= 11 is 0. The Morgan fingerprint density at radius 1 is 1.21 bits per heavy atom. The molecule has 0 bridgehead atoms. The molecule has 1 aromatic heterocycles. The second-order valence-electron chi connectivity index (χ2n) is 7.62. The molecule has 1 aromatic carbocycles. The van der Waals surface area contributed by atoms with Gasteiger partial charge in [0.05, 0.1) is 0 Å². The first-order valence-corrected chi connectivity index (χ1v) is 11.2. The third-order valence-corrected chi connectivity index (χ3v) is 7.28. The zero-order valence-electron chi connectivity index (χ0n) is 17.8. The molecular formula is C21H22F4N4O3S. The fourth-order valence-corrected chi connectivity index (χ4v) is 4.83. The van der Waals surface area contributed by atoms with Gasteiger partial charge in [0.25, 0.3) is 0 Å². The Hall–Kier alpha value is -2.88. The molecule has 3 N–H and O–H groups in total. The molecule has 3 rings (SSSR count). The standard InChI is InChI=1S/C21H22F4N4O3S/c1-3-4-16-13-28(33(31,32)17-11-18(22)19(26)27-12-17)9-10-29(16)15-7-5-14(6-8-15)20(2,30)21(23,24)25/h5-8,11-12,16,30H,9-10,13H2,1-2H3,(H2,26,27)/t16-,20?/m1/s1. The van der Waals surface area contributed by atoms with Gasteiger partial charge in [0.2, 0.25) is 10.0 Å². The first kappa shape index (κ1) is 24.8. The summed E-state index contributed by atoms with van der Waals surface area (Å²) in [5.74, 6) is 4.27. The zero-order chi connectivity index (χ0) is 24.6. The lowest BCUT2D eigenvalue weighted by Crippen LogP contribution is -2.54. The van der Waals surface area contributed by atoms with Crippen LogP contribution in [-0.2, 0) is 15.6 Å². The molecule has 0 amide bonds. The molecular weight excluding hydrogens is 464 g/mol. The fraction of sp³-hybridized carbons (Fsp3) is 0.381. The third kappa shape index (κ3) is 4.75. The van der Waals surface area contributed by atoms with E-state index in [1.165, 1.54) is 24.3 Å². The van der Waals surface area contributed by atoms with Gasteiger partial charge in [-0.25, -0.2) is 17.8 Å². The first-order valence-electron chi connectivity index (χ1n) is 9.78. The molecule has 2 aromatic rings. The maximum atomic E-state index is 13.8. The summed E-state index contributed by atoms with van der Waals surface area (Å²) in [4.78, 5) is 4.98. The van der Waals surface area contributed by atoms with Crippen molar-refractivity contribution < 1.29 is 31.1 Å². The van der Waals surface area contributed by atoms with Crippen LogP contribution >= 0.6 is 0 Å². The van der Waals surface area contributed by atoms with Crippen molar-refractivity contribution in [3.63, 3.8) is 0 Å². The highest BCUT2D eigenvalue weighted by atomic mass is 32.2. The Bertz CT molecular complexity index is 1190. The van der Waals surface area contributed by atoms with Crippen molar-refractivity contribution in [2.24, 2.45) is 0 Å². The number of nitrogens with zero attached hydrogens (tertiary/aromatic N) is 3. The second kappa shape index (κ2) is 8.81. The van der Waals surface area contributed by atoms with Crippen LogP contribution in [0.3, 0.4) is 0 Å². The number of hydrogen-bond acceptors (Lipinski definition) is 6. The van der Waals surface area contributed by atoms with Crippen LogP contribution in [0, 0.1) is 17.7 Å². The van der Waals surface area contributed by atoms with Gasteiger partial charge in [-0.3, -0.25) is 0 Å². The molecule has 1 aliphatic rings. The summed E-state index contributed by atoms with van der Waals surface area (Å²) in [6.07, 6.45) is -3.87. The molecule has 1 aliphatic heterocycles. The number of aromatic nitrogens is 1. The van der Waals surface area contributed by atoms with Gasteiger partial charge in [0.1, 0.15) is 10.9 Å². The average molecular weight is 486 g/mol. The molecule has 0 spiro atoms. The molecule has 0 radical (unpaired) electrons.